The predicted octanol–water partition coefficient (Wildman–Crippen LogP) is 2.48. The molecule has 0 bridgehead atoms. The van der Waals surface area contributed by atoms with Crippen LogP contribution in [-0.4, -0.2) is 10.1 Å². The van der Waals surface area contributed by atoms with Crippen molar-refractivity contribution in [3.63, 3.8) is 0 Å². The molecule has 2 atom stereocenters. The summed E-state index contributed by atoms with van der Waals surface area (Å²) in [4.78, 5) is 4.35. The van der Waals surface area contributed by atoms with Crippen LogP contribution in [0, 0.1) is 11.8 Å². The third-order valence-corrected chi connectivity index (χ3v) is 3.80. The van der Waals surface area contributed by atoms with Gasteiger partial charge in [0.25, 0.3) is 0 Å². The molecule has 2 unspecified atom stereocenters. The molecule has 3 rings (SSSR count). The number of halogens is 1. The lowest BCUT2D eigenvalue weighted by Gasteiger charge is -1.94. The van der Waals surface area contributed by atoms with Crippen LogP contribution in [0.25, 0.3) is 0 Å². The Morgan fingerprint density at radius 1 is 1.38 bits per heavy atom. The number of alkyl halides is 1. The lowest BCUT2D eigenvalue weighted by Crippen LogP contribution is -1.88. The molecule has 0 aromatic carbocycles. The van der Waals surface area contributed by atoms with Crippen molar-refractivity contribution in [3.8, 4) is 0 Å². The van der Waals surface area contributed by atoms with Gasteiger partial charge in [0.05, 0.1) is 5.33 Å². The van der Waals surface area contributed by atoms with Crippen LogP contribution in [0.1, 0.15) is 36.9 Å². The molecule has 4 heteroatoms. The molecule has 13 heavy (non-hydrogen) atoms. The largest absolute Gasteiger partial charge is 0.339 e. The molecule has 2 aliphatic rings. The van der Waals surface area contributed by atoms with Crippen molar-refractivity contribution in [2.75, 3.05) is 0 Å². The minimum Gasteiger partial charge on any atom is -0.339 e. The van der Waals surface area contributed by atoms with Crippen molar-refractivity contribution in [1.29, 1.82) is 0 Å². The van der Waals surface area contributed by atoms with Gasteiger partial charge in [0.1, 0.15) is 0 Å². The lowest BCUT2D eigenvalue weighted by atomic mass is 10.1. The average Bonchev–Trinajstić information content (AvgIpc) is 2.65. The summed E-state index contributed by atoms with van der Waals surface area (Å²) < 4.78 is 5.22. The summed E-state index contributed by atoms with van der Waals surface area (Å²) in [6, 6.07) is 0. The van der Waals surface area contributed by atoms with Crippen LogP contribution in [0.2, 0.25) is 0 Å². The van der Waals surface area contributed by atoms with Crippen LogP contribution in [0.3, 0.4) is 0 Å². The fourth-order valence-electron chi connectivity index (χ4n) is 2.64. The van der Waals surface area contributed by atoms with Crippen molar-refractivity contribution in [2.24, 2.45) is 11.8 Å². The average molecular weight is 243 g/mol. The first kappa shape index (κ1) is 7.97. The van der Waals surface area contributed by atoms with E-state index in [0.717, 1.165) is 23.6 Å². The Balaban J connectivity index is 1.79. The van der Waals surface area contributed by atoms with E-state index in [-0.39, 0.29) is 0 Å². The second-order valence-electron chi connectivity index (χ2n) is 3.97. The van der Waals surface area contributed by atoms with E-state index < -0.39 is 0 Å². The second kappa shape index (κ2) is 2.80. The van der Waals surface area contributed by atoms with Crippen LogP contribution < -0.4 is 0 Å². The van der Waals surface area contributed by atoms with Crippen LogP contribution in [0.4, 0.5) is 0 Å². The summed E-state index contributed by atoms with van der Waals surface area (Å²) >= 11 is 3.32. The first-order chi connectivity index (χ1) is 6.40. The van der Waals surface area contributed by atoms with Gasteiger partial charge < -0.3 is 4.52 Å². The highest BCUT2D eigenvalue weighted by Crippen LogP contribution is 2.62. The fourth-order valence-corrected chi connectivity index (χ4v) is 2.87. The highest BCUT2D eigenvalue weighted by atomic mass is 79.9. The molecule has 0 amide bonds. The maximum atomic E-state index is 5.22. The summed E-state index contributed by atoms with van der Waals surface area (Å²) in [6.45, 7) is 0. The van der Waals surface area contributed by atoms with Crippen molar-refractivity contribution in [2.45, 2.75) is 30.5 Å². The smallest absolute Gasteiger partial charge is 0.230 e. The molecule has 0 N–H and O–H groups in total. The number of hydrogen-bond acceptors (Lipinski definition) is 3. The summed E-state index contributed by atoms with van der Waals surface area (Å²) in [5.41, 5.74) is 0. The SMILES string of the molecule is BrCc1noc(C2C3CCCC32)n1. The van der Waals surface area contributed by atoms with E-state index in [1.807, 2.05) is 0 Å². The monoisotopic (exact) mass is 242 g/mol. The zero-order valence-electron chi connectivity index (χ0n) is 7.24. The highest BCUT2D eigenvalue weighted by molar-refractivity contribution is 9.08. The van der Waals surface area contributed by atoms with Crippen LogP contribution in [0.15, 0.2) is 4.52 Å². The van der Waals surface area contributed by atoms with Gasteiger partial charge in [-0.05, 0) is 24.7 Å². The number of aromatic nitrogens is 2. The van der Waals surface area contributed by atoms with E-state index in [4.69, 9.17) is 4.52 Å². The minimum atomic E-state index is 0.606. The zero-order valence-corrected chi connectivity index (χ0v) is 8.83. The molecular formula is C9H11BrN2O. The molecule has 0 saturated heterocycles. The van der Waals surface area contributed by atoms with Gasteiger partial charge in [0.15, 0.2) is 5.82 Å². The molecule has 2 aliphatic carbocycles. The molecule has 1 aromatic rings. The third kappa shape index (κ3) is 1.15. The highest BCUT2D eigenvalue weighted by Gasteiger charge is 2.56. The standard InChI is InChI=1S/C9H11BrN2O/c10-4-7-11-9(13-12-7)8-5-2-1-3-6(5)8/h5-6,8H,1-4H2. The van der Waals surface area contributed by atoms with Gasteiger partial charge in [-0.3, -0.25) is 0 Å². The Kier molecular flexibility index (Phi) is 1.72. The van der Waals surface area contributed by atoms with E-state index in [1.54, 1.807) is 0 Å². The number of fused-ring (bicyclic) bond motifs is 1. The third-order valence-electron chi connectivity index (χ3n) is 3.29. The summed E-state index contributed by atoms with van der Waals surface area (Å²) in [5, 5.41) is 4.58. The van der Waals surface area contributed by atoms with E-state index in [2.05, 4.69) is 26.1 Å². The van der Waals surface area contributed by atoms with Gasteiger partial charge >= 0.3 is 0 Å². The van der Waals surface area contributed by atoms with Gasteiger partial charge in [-0.1, -0.05) is 27.5 Å². The van der Waals surface area contributed by atoms with Gasteiger partial charge in [-0.25, -0.2) is 0 Å². The Morgan fingerprint density at radius 3 is 2.77 bits per heavy atom. The Hall–Kier alpha value is -0.380. The minimum absolute atomic E-state index is 0.606. The van der Waals surface area contributed by atoms with E-state index >= 15 is 0 Å². The van der Waals surface area contributed by atoms with E-state index in [0.29, 0.717) is 11.2 Å². The Bertz CT molecular complexity index is 315. The van der Waals surface area contributed by atoms with E-state index in [1.165, 1.54) is 19.3 Å². The van der Waals surface area contributed by atoms with Crippen molar-refractivity contribution >= 4 is 15.9 Å². The van der Waals surface area contributed by atoms with Gasteiger partial charge in [0.2, 0.25) is 5.89 Å². The normalized spacial score (nSPS) is 36.2. The summed E-state index contributed by atoms with van der Waals surface area (Å²) in [5.74, 6) is 3.99. The number of hydrogen-bond donors (Lipinski definition) is 0. The molecule has 2 fully saturated rings. The van der Waals surface area contributed by atoms with E-state index in [9.17, 15) is 0 Å². The van der Waals surface area contributed by atoms with Crippen LogP contribution in [-0.2, 0) is 5.33 Å². The second-order valence-corrected chi connectivity index (χ2v) is 4.53. The Labute approximate surface area is 85.0 Å². The van der Waals surface area contributed by atoms with Gasteiger partial charge in [-0.15, -0.1) is 0 Å². The molecule has 0 spiro atoms. The van der Waals surface area contributed by atoms with Gasteiger partial charge in [-0.2, -0.15) is 4.98 Å². The zero-order chi connectivity index (χ0) is 8.84. The fraction of sp³-hybridized carbons (Fsp3) is 0.778. The molecule has 0 aliphatic heterocycles. The van der Waals surface area contributed by atoms with Crippen LogP contribution in [0.5, 0.6) is 0 Å². The van der Waals surface area contributed by atoms with Crippen LogP contribution >= 0.6 is 15.9 Å². The molecular weight excluding hydrogens is 232 g/mol. The topological polar surface area (TPSA) is 38.9 Å². The predicted molar refractivity (Wildman–Crippen MR) is 50.5 cm³/mol. The van der Waals surface area contributed by atoms with Crippen molar-refractivity contribution in [3.05, 3.63) is 11.7 Å². The lowest BCUT2D eigenvalue weighted by molar-refractivity contribution is 0.364. The first-order valence-electron chi connectivity index (χ1n) is 4.78. The maximum Gasteiger partial charge on any atom is 0.230 e. The molecule has 1 aromatic heterocycles. The van der Waals surface area contributed by atoms with Crippen molar-refractivity contribution in [1.82, 2.24) is 10.1 Å². The van der Waals surface area contributed by atoms with Crippen molar-refractivity contribution < 1.29 is 4.52 Å². The summed E-state index contributed by atoms with van der Waals surface area (Å²) in [6.07, 6.45) is 4.12. The summed E-state index contributed by atoms with van der Waals surface area (Å²) in [7, 11) is 0. The quantitative estimate of drug-likeness (QED) is 0.749. The molecule has 70 valence electrons. The molecule has 2 saturated carbocycles. The number of nitrogens with zero attached hydrogens (tertiary/aromatic N) is 2. The maximum absolute atomic E-state index is 5.22. The number of rotatable bonds is 2. The Morgan fingerprint density at radius 2 is 2.15 bits per heavy atom. The molecule has 1 heterocycles. The molecule has 0 radical (unpaired) electrons. The molecule has 3 nitrogen and oxygen atoms in total. The van der Waals surface area contributed by atoms with Gasteiger partial charge in [0, 0.05) is 5.92 Å². The first-order valence-corrected chi connectivity index (χ1v) is 5.90.